The van der Waals surface area contributed by atoms with Crippen LogP contribution in [0.1, 0.15) is 40.5 Å². The predicted octanol–water partition coefficient (Wildman–Crippen LogP) is 1.70. The molecule has 0 aromatic carbocycles. The van der Waals surface area contributed by atoms with Crippen LogP contribution in [-0.2, 0) is 9.47 Å². The van der Waals surface area contributed by atoms with Crippen LogP contribution in [0.2, 0.25) is 0 Å². The van der Waals surface area contributed by atoms with E-state index in [1.54, 1.807) is 0 Å². The van der Waals surface area contributed by atoms with E-state index >= 15 is 0 Å². The van der Waals surface area contributed by atoms with Crippen molar-refractivity contribution in [2.45, 2.75) is 64.4 Å². The van der Waals surface area contributed by atoms with Crippen LogP contribution < -0.4 is 5.73 Å². The highest BCUT2D eigenvalue weighted by Gasteiger charge is 2.29. The summed E-state index contributed by atoms with van der Waals surface area (Å²) in [5, 5.41) is 0. The zero-order valence-corrected chi connectivity index (χ0v) is 9.75. The van der Waals surface area contributed by atoms with E-state index in [9.17, 15) is 0 Å². The van der Waals surface area contributed by atoms with Gasteiger partial charge in [0.25, 0.3) is 0 Å². The third kappa shape index (κ3) is 3.56. The minimum Gasteiger partial charge on any atom is -0.375 e. The first-order valence-electron chi connectivity index (χ1n) is 5.46. The Balaban J connectivity index is 2.44. The van der Waals surface area contributed by atoms with Crippen molar-refractivity contribution >= 4 is 0 Å². The maximum atomic E-state index is 5.96. The minimum atomic E-state index is -0.207. The predicted molar refractivity (Wildman–Crippen MR) is 57.2 cm³/mol. The fourth-order valence-electron chi connectivity index (χ4n) is 1.94. The smallest absolute Gasteiger partial charge is 0.0751 e. The topological polar surface area (TPSA) is 44.5 Å². The molecule has 0 aromatic heterocycles. The van der Waals surface area contributed by atoms with Crippen LogP contribution in [0.3, 0.4) is 0 Å². The van der Waals surface area contributed by atoms with Crippen molar-refractivity contribution in [1.82, 2.24) is 0 Å². The van der Waals surface area contributed by atoms with Crippen LogP contribution in [-0.4, -0.2) is 30.5 Å². The summed E-state index contributed by atoms with van der Waals surface area (Å²) in [5.74, 6) is 0. The molecule has 1 fully saturated rings. The van der Waals surface area contributed by atoms with Crippen LogP contribution in [0, 0.1) is 0 Å². The van der Waals surface area contributed by atoms with E-state index in [4.69, 9.17) is 15.2 Å². The van der Waals surface area contributed by atoms with E-state index < -0.39 is 0 Å². The van der Waals surface area contributed by atoms with Gasteiger partial charge in [0.15, 0.2) is 0 Å². The largest absolute Gasteiger partial charge is 0.375 e. The van der Waals surface area contributed by atoms with Gasteiger partial charge >= 0.3 is 0 Å². The highest BCUT2D eigenvalue weighted by Crippen LogP contribution is 2.25. The molecular weight excluding hydrogens is 178 g/mol. The van der Waals surface area contributed by atoms with Gasteiger partial charge in [-0.3, -0.25) is 0 Å². The second-order valence-corrected chi connectivity index (χ2v) is 4.93. The van der Waals surface area contributed by atoms with E-state index in [1.807, 2.05) is 13.8 Å². The Hall–Kier alpha value is -0.120. The first-order valence-corrected chi connectivity index (χ1v) is 5.46. The molecule has 2 N–H and O–H groups in total. The third-order valence-electron chi connectivity index (χ3n) is 2.63. The van der Waals surface area contributed by atoms with Crippen molar-refractivity contribution in [1.29, 1.82) is 0 Å². The normalized spacial score (nSPS) is 34.5. The molecule has 1 heterocycles. The van der Waals surface area contributed by atoms with Crippen LogP contribution in [0.15, 0.2) is 0 Å². The van der Waals surface area contributed by atoms with Crippen LogP contribution in [0.5, 0.6) is 0 Å². The van der Waals surface area contributed by atoms with E-state index in [2.05, 4.69) is 13.8 Å². The molecule has 0 spiro atoms. The molecule has 0 saturated carbocycles. The molecular formula is C11H23NO2. The molecule has 84 valence electrons. The molecule has 2 atom stereocenters. The molecule has 1 rings (SSSR count). The van der Waals surface area contributed by atoms with Crippen LogP contribution >= 0.6 is 0 Å². The van der Waals surface area contributed by atoms with Crippen molar-refractivity contribution in [3.8, 4) is 0 Å². The summed E-state index contributed by atoms with van der Waals surface area (Å²) in [6, 6.07) is 0. The lowest BCUT2D eigenvalue weighted by Gasteiger charge is -2.36. The Morgan fingerprint density at radius 3 is 2.21 bits per heavy atom. The summed E-state index contributed by atoms with van der Waals surface area (Å²) in [6.07, 6.45) is 2.86. The summed E-state index contributed by atoms with van der Waals surface area (Å²) >= 11 is 0. The number of hydrogen-bond acceptors (Lipinski definition) is 3. The molecule has 0 aliphatic carbocycles. The molecule has 2 unspecified atom stereocenters. The van der Waals surface area contributed by atoms with Crippen molar-refractivity contribution < 1.29 is 9.47 Å². The number of hydrogen-bond donors (Lipinski definition) is 1. The molecule has 0 amide bonds. The third-order valence-corrected chi connectivity index (χ3v) is 2.63. The van der Waals surface area contributed by atoms with Crippen LogP contribution in [0.25, 0.3) is 0 Å². The molecule has 1 saturated heterocycles. The van der Waals surface area contributed by atoms with Gasteiger partial charge in [-0.2, -0.15) is 0 Å². The summed E-state index contributed by atoms with van der Waals surface area (Å²) < 4.78 is 11.6. The van der Waals surface area contributed by atoms with Gasteiger partial charge in [-0.05, 0) is 40.5 Å². The summed E-state index contributed by atoms with van der Waals surface area (Å²) in [5.41, 5.74) is 5.43. The molecule has 3 heteroatoms. The number of rotatable bonds is 3. The second kappa shape index (κ2) is 4.60. The Bertz CT molecular complexity index is 172. The first-order chi connectivity index (χ1) is 6.43. The van der Waals surface area contributed by atoms with Gasteiger partial charge in [0, 0.05) is 6.54 Å². The van der Waals surface area contributed by atoms with Gasteiger partial charge in [0.2, 0.25) is 0 Å². The molecule has 0 aromatic rings. The summed E-state index contributed by atoms with van der Waals surface area (Å²) in [7, 11) is 0. The van der Waals surface area contributed by atoms with Gasteiger partial charge in [0.05, 0.1) is 23.9 Å². The van der Waals surface area contributed by atoms with Crippen molar-refractivity contribution in [2.75, 3.05) is 6.54 Å². The standard InChI is InChI=1S/C11H23NO2/c1-8-5-10(6-9(2)13-8)14-11(3,4)7-12/h8-10H,5-7,12H2,1-4H3. The Labute approximate surface area is 86.9 Å². The Kier molecular flexibility index (Phi) is 3.93. The maximum absolute atomic E-state index is 5.96. The first kappa shape index (κ1) is 12.0. The lowest BCUT2D eigenvalue weighted by Crippen LogP contribution is -2.42. The van der Waals surface area contributed by atoms with Gasteiger partial charge < -0.3 is 15.2 Å². The Morgan fingerprint density at radius 2 is 1.79 bits per heavy atom. The van der Waals surface area contributed by atoms with Gasteiger partial charge in [-0.1, -0.05) is 0 Å². The van der Waals surface area contributed by atoms with E-state index in [0.717, 1.165) is 12.8 Å². The minimum absolute atomic E-state index is 0.207. The van der Waals surface area contributed by atoms with Gasteiger partial charge in [-0.15, -0.1) is 0 Å². The van der Waals surface area contributed by atoms with Crippen LogP contribution in [0.4, 0.5) is 0 Å². The monoisotopic (exact) mass is 201 g/mol. The Morgan fingerprint density at radius 1 is 1.29 bits per heavy atom. The highest BCUT2D eigenvalue weighted by molar-refractivity contribution is 4.78. The lowest BCUT2D eigenvalue weighted by atomic mass is 10.0. The zero-order valence-electron chi connectivity index (χ0n) is 9.75. The lowest BCUT2D eigenvalue weighted by molar-refractivity contribution is -0.143. The van der Waals surface area contributed by atoms with E-state index in [0.29, 0.717) is 24.9 Å². The summed E-state index contributed by atoms with van der Waals surface area (Å²) in [6.45, 7) is 8.84. The molecule has 0 bridgehead atoms. The SMILES string of the molecule is CC1CC(OC(C)(C)CN)CC(C)O1. The maximum Gasteiger partial charge on any atom is 0.0751 e. The van der Waals surface area contributed by atoms with Crippen molar-refractivity contribution in [3.05, 3.63) is 0 Å². The van der Waals surface area contributed by atoms with Gasteiger partial charge in [0.1, 0.15) is 0 Å². The zero-order chi connectivity index (χ0) is 10.8. The quantitative estimate of drug-likeness (QED) is 0.756. The fraction of sp³-hybridized carbons (Fsp3) is 1.00. The fourth-order valence-corrected chi connectivity index (χ4v) is 1.94. The molecule has 1 aliphatic heterocycles. The number of ether oxygens (including phenoxy) is 2. The molecule has 3 nitrogen and oxygen atoms in total. The average Bonchev–Trinajstić information content (AvgIpc) is 2.01. The summed E-state index contributed by atoms with van der Waals surface area (Å²) in [4.78, 5) is 0. The molecule has 0 radical (unpaired) electrons. The van der Waals surface area contributed by atoms with E-state index in [-0.39, 0.29) is 5.60 Å². The van der Waals surface area contributed by atoms with Crippen molar-refractivity contribution in [2.24, 2.45) is 5.73 Å². The second-order valence-electron chi connectivity index (χ2n) is 4.93. The highest BCUT2D eigenvalue weighted by atomic mass is 16.5. The average molecular weight is 201 g/mol. The van der Waals surface area contributed by atoms with Gasteiger partial charge in [-0.25, -0.2) is 0 Å². The van der Waals surface area contributed by atoms with Crippen molar-refractivity contribution in [3.63, 3.8) is 0 Å². The number of nitrogens with two attached hydrogens (primary N) is 1. The molecule has 1 aliphatic rings. The molecule has 14 heavy (non-hydrogen) atoms. The van der Waals surface area contributed by atoms with E-state index in [1.165, 1.54) is 0 Å².